The van der Waals surface area contributed by atoms with Gasteiger partial charge in [0.15, 0.2) is 0 Å². The predicted octanol–water partition coefficient (Wildman–Crippen LogP) is 2.95. The number of Topliss-reactive ketones (excluding diaryl/α,β-unsaturated/α-hetero) is 1. The highest BCUT2D eigenvalue weighted by molar-refractivity contribution is 7.80. The zero-order chi connectivity index (χ0) is 19.8. The highest BCUT2D eigenvalue weighted by Crippen LogP contribution is 2.32. The molecule has 0 spiro atoms. The van der Waals surface area contributed by atoms with Crippen LogP contribution in [0.1, 0.15) is 47.9 Å². The number of benzene rings is 1. The molecule has 3 aliphatic rings. The van der Waals surface area contributed by atoms with E-state index in [4.69, 9.17) is 12.2 Å². The number of ketones is 1. The van der Waals surface area contributed by atoms with Crippen molar-refractivity contribution in [1.29, 1.82) is 0 Å². The van der Waals surface area contributed by atoms with Crippen LogP contribution in [-0.2, 0) is 22.4 Å². The Morgan fingerprint density at radius 1 is 1.21 bits per heavy atom. The maximum Gasteiger partial charge on any atom is 0.240 e. The van der Waals surface area contributed by atoms with Gasteiger partial charge in [-0.05, 0) is 68.6 Å². The van der Waals surface area contributed by atoms with Crippen LogP contribution >= 0.6 is 12.2 Å². The Morgan fingerprint density at radius 2 is 1.96 bits per heavy atom. The first-order chi connectivity index (χ1) is 13.4. The third-order valence-electron chi connectivity index (χ3n) is 6.72. The summed E-state index contributed by atoms with van der Waals surface area (Å²) in [6.45, 7) is 6.45. The summed E-state index contributed by atoms with van der Waals surface area (Å²) in [5, 5.41) is 3.23. The van der Waals surface area contributed by atoms with Gasteiger partial charge < -0.3 is 10.2 Å². The fourth-order valence-electron chi connectivity index (χ4n) is 5.33. The quantitative estimate of drug-likeness (QED) is 0.793. The number of likely N-dealkylation sites (tertiary alicyclic amines) is 1. The minimum absolute atomic E-state index is 0.0657. The smallest absolute Gasteiger partial charge is 0.240 e. The Hall–Kier alpha value is -1.59. The molecule has 0 radical (unpaired) electrons. The molecule has 3 atom stereocenters. The predicted molar refractivity (Wildman–Crippen MR) is 115 cm³/mol. The van der Waals surface area contributed by atoms with E-state index in [1.165, 1.54) is 22.3 Å². The summed E-state index contributed by atoms with van der Waals surface area (Å²) in [7, 11) is 0. The average Bonchev–Trinajstić information content (AvgIpc) is 3.30. The maximum atomic E-state index is 13.2. The fraction of sp³-hybridized carbons (Fsp3) is 0.609. The monoisotopic (exact) mass is 398 g/mol. The molecule has 1 aromatic rings. The van der Waals surface area contributed by atoms with Crippen molar-refractivity contribution >= 4 is 28.8 Å². The topological polar surface area (TPSA) is 49.4 Å². The second kappa shape index (κ2) is 8.03. The lowest BCUT2D eigenvalue weighted by atomic mass is 9.77. The van der Waals surface area contributed by atoms with Crippen molar-refractivity contribution in [3.63, 3.8) is 0 Å². The maximum absolute atomic E-state index is 13.2. The van der Waals surface area contributed by atoms with Gasteiger partial charge in [0.2, 0.25) is 5.91 Å². The Labute approximate surface area is 173 Å². The van der Waals surface area contributed by atoms with E-state index < -0.39 is 12.0 Å². The first-order valence-corrected chi connectivity index (χ1v) is 11.0. The van der Waals surface area contributed by atoms with E-state index in [0.717, 1.165) is 45.2 Å². The van der Waals surface area contributed by atoms with Gasteiger partial charge in [-0.15, -0.1) is 0 Å². The summed E-state index contributed by atoms with van der Waals surface area (Å²) < 4.78 is 0. The number of hydrogen-bond acceptors (Lipinski definition) is 4. The Morgan fingerprint density at radius 3 is 2.71 bits per heavy atom. The number of fused-ring (bicyclic) bond motifs is 1. The van der Waals surface area contributed by atoms with Gasteiger partial charge in [-0.2, -0.15) is 0 Å². The summed E-state index contributed by atoms with van der Waals surface area (Å²) in [6.07, 6.45) is 5.69. The van der Waals surface area contributed by atoms with E-state index in [0.29, 0.717) is 23.7 Å². The number of thiocarbonyl (C=S) groups is 1. The van der Waals surface area contributed by atoms with E-state index in [9.17, 15) is 9.59 Å². The first-order valence-electron chi connectivity index (χ1n) is 10.6. The van der Waals surface area contributed by atoms with Crippen LogP contribution in [0.2, 0.25) is 0 Å². The number of rotatable bonds is 4. The molecule has 1 amide bonds. The highest BCUT2D eigenvalue weighted by atomic mass is 32.1. The van der Waals surface area contributed by atoms with Crippen molar-refractivity contribution in [2.24, 2.45) is 11.8 Å². The molecule has 0 saturated carbocycles. The Balaban J connectivity index is 1.45. The van der Waals surface area contributed by atoms with Gasteiger partial charge in [0.1, 0.15) is 11.8 Å². The molecule has 1 aromatic carbocycles. The van der Waals surface area contributed by atoms with Crippen LogP contribution in [0.4, 0.5) is 0 Å². The number of nitrogens with zero attached hydrogens (tertiary/aromatic N) is 1. The van der Waals surface area contributed by atoms with Crippen LogP contribution in [-0.4, -0.2) is 47.1 Å². The normalized spacial score (nSPS) is 27.1. The molecule has 2 aliphatic heterocycles. The van der Waals surface area contributed by atoms with Crippen LogP contribution < -0.4 is 5.32 Å². The first kappa shape index (κ1) is 19.7. The molecule has 150 valence electrons. The van der Waals surface area contributed by atoms with Crippen molar-refractivity contribution in [3.05, 3.63) is 34.4 Å². The van der Waals surface area contributed by atoms with Crippen molar-refractivity contribution in [1.82, 2.24) is 10.2 Å². The third kappa shape index (κ3) is 3.79. The molecule has 2 fully saturated rings. The van der Waals surface area contributed by atoms with E-state index in [1.807, 2.05) is 4.90 Å². The lowest BCUT2D eigenvalue weighted by Crippen LogP contribution is -2.47. The fourth-order valence-corrected chi connectivity index (χ4v) is 5.68. The van der Waals surface area contributed by atoms with Crippen LogP contribution in [0.25, 0.3) is 0 Å². The van der Waals surface area contributed by atoms with Gasteiger partial charge in [0.05, 0.1) is 5.92 Å². The SMILES string of the molecule is Cc1cc(C)c2c(c1)CC(CC(=O)C1C(=S)CN[C@@H]1C(=O)N1CCCC1)CC2. The van der Waals surface area contributed by atoms with Gasteiger partial charge in [-0.3, -0.25) is 9.59 Å². The summed E-state index contributed by atoms with van der Waals surface area (Å²) in [5.74, 6) is 0.150. The molecule has 2 unspecified atom stereocenters. The van der Waals surface area contributed by atoms with Crippen molar-refractivity contribution in [3.8, 4) is 0 Å². The van der Waals surface area contributed by atoms with Crippen LogP contribution in [0.3, 0.4) is 0 Å². The molecule has 5 heteroatoms. The van der Waals surface area contributed by atoms with Gasteiger partial charge in [-0.1, -0.05) is 29.9 Å². The molecule has 2 saturated heterocycles. The number of aryl methyl sites for hydroxylation is 2. The minimum atomic E-state index is -0.446. The molecule has 4 rings (SSSR count). The molecule has 0 bridgehead atoms. The Bertz CT molecular complexity index is 813. The van der Waals surface area contributed by atoms with E-state index in [-0.39, 0.29) is 11.7 Å². The molecule has 28 heavy (non-hydrogen) atoms. The lowest BCUT2D eigenvalue weighted by Gasteiger charge is -2.28. The van der Waals surface area contributed by atoms with E-state index >= 15 is 0 Å². The largest absolute Gasteiger partial charge is 0.341 e. The number of carbonyl (C=O) groups is 2. The lowest BCUT2D eigenvalue weighted by molar-refractivity contribution is -0.135. The zero-order valence-electron chi connectivity index (χ0n) is 16.9. The van der Waals surface area contributed by atoms with Crippen LogP contribution in [0.5, 0.6) is 0 Å². The van der Waals surface area contributed by atoms with Gasteiger partial charge in [0, 0.05) is 30.9 Å². The van der Waals surface area contributed by atoms with Crippen molar-refractivity contribution in [2.75, 3.05) is 19.6 Å². The third-order valence-corrected chi connectivity index (χ3v) is 7.12. The number of nitrogens with one attached hydrogen (secondary N) is 1. The molecule has 0 aromatic heterocycles. The van der Waals surface area contributed by atoms with Gasteiger partial charge in [0.25, 0.3) is 0 Å². The highest BCUT2D eigenvalue weighted by Gasteiger charge is 2.43. The number of carbonyl (C=O) groups excluding carboxylic acids is 2. The standard InChI is InChI=1S/C23H30N2O2S/c1-14-9-15(2)18-6-5-16(11-17(18)10-14)12-19(26)21-20(28)13-24-22(21)23(27)25-7-3-4-8-25/h9-10,16,21-22,24H,3-8,11-13H2,1-2H3/t16?,21?,22-/m0/s1. The molecule has 1 aliphatic carbocycles. The summed E-state index contributed by atoms with van der Waals surface area (Å²) in [4.78, 5) is 28.7. The molecular formula is C23H30N2O2S. The molecular weight excluding hydrogens is 368 g/mol. The zero-order valence-corrected chi connectivity index (χ0v) is 17.7. The second-order valence-corrected chi connectivity index (χ2v) is 9.36. The number of hydrogen-bond donors (Lipinski definition) is 1. The summed E-state index contributed by atoms with van der Waals surface area (Å²) >= 11 is 5.50. The number of amides is 1. The van der Waals surface area contributed by atoms with Gasteiger partial charge >= 0.3 is 0 Å². The van der Waals surface area contributed by atoms with Crippen LogP contribution in [0.15, 0.2) is 12.1 Å². The average molecular weight is 399 g/mol. The molecule has 4 nitrogen and oxygen atoms in total. The minimum Gasteiger partial charge on any atom is -0.341 e. The summed E-state index contributed by atoms with van der Waals surface area (Å²) in [5.41, 5.74) is 5.53. The van der Waals surface area contributed by atoms with E-state index in [1.54, 1.807) is 0 Å². The molecule has 1 N–H and O–H groups in total. The van der Waals surface area contributed by atoms with Crippen molar-refractivity contribution in [2.45, 2.75) is 58.4 Å². The van der Waals surface area contributed by atoms with E-state index in [2.05, 4.69) is 31.3 Å². The Kier molecular flexibility index (Phi) is 5.66. The summed E-state index contributed by atoms with van der Waals surface area (Å²) in [6, 6.07) is 4.08. The van der Waals surface area contributed by atoms with Gasteiger partial charge in [-0.25, -0.2) is 0 Å². The van der Waals surface area contributed by atoms with Crippen molar-refractivity contribution < 1.29 is 9.59 Å². The second-order valence-electron chi connectivity index (χ2n) is 8.83. The molecule has 2 heterocycles. The van der Waals surface area contributed by atoms with Crippen LogP contribution in [0, 0.1) is 25.7 Å².